The molecule has 0 aliphatic rings. The van der Waals surface area contributed by atoms with E-state index >= 15 is 0 Å². The van der Waals surface area contributed by atoms with E-state index in [0.717, 1.165) is 5.56 Å². The minimum absolute atomic E-state index is 0.168. The molecule has 2 N–H and O–H groups in total. The predicted octanol–water partition coefficient (Wildman–Crippen LogP) is 3.37. The molecule has 4 heteroatoms. The Morgan fingerprint density at radius 3 is 2.05 bits per heavy atom. The highest BCUT2D eigenvalue weighted by Crippen LogP contribution is 2.32. The van der Waals surface area contributed by atoms with E-state index < -0.39 is 11.9 Å². The highest BCUT2D eigenvalue weighted by Gasteiger charge is 2.18. The van der Waals surface area contributed by atoms with Crippen LogP contribution >= 0.6 is 0 Å². The van der Waals surface area contributed by atoms with Gasteiger partial charge in [-0.2, -0.15) is 0 Å². The maximum Gasteiger partial charge on any atom is 0.336 e. The van der Waals surface area contributed by atoms with Gasteiger partial charge < -0.3 is 10.2 Å². The van der Waals surface area contributed by atoms with E-state index in [1.54, 1.807) is 37.3 Å². The Morgan fingerprint density at radius 1 is 0.850 bits per heavy atom. The molecule has 0 aliphatic heterocycles. The summed E-state index contributed by atoms with van der Waals surface area (Å²) in [5, 5.41) is 18.5. The number of benzene rings is 2. The summed E-state index contributed by atoms with van der Waals surface area (Å²) in [6.07, 6.45) is 0. The van der Waals surface area contributed by atoms with E-state index in [9.17, 15) is 19.8 Å². The van der Waals surface area contributed by atoms with Gasteiger partial charge in [0, 0.05) is 0 Å². The fourth-order valence-electron chi connectivity index (χ4n) is 2.38. The van der Waals surface area contributed by atoms with Gasteiger partial charge >= 0.3 is 11.9 Å². The molecule has 0 atom stereocenters. The van der Waals surface area contributed by atoms with E-state index in [1.807, 2.05) is 6.92 Å². The van der Waals surface area contributed by atoms with Crippen LogP contribution in [0.1, 0.15) is 31.8 Å². The number of rotatable bonds is 3. The van der Waals surface area contributed by atoms with Gasteiger partial charge in [-0.25, -0.2) is 9.59 Å². The first kappa shape index (κ1) is 13.8. The third-order valence-corrected chi connectivity index (χ3v) is 3.33. The van der Waals surface area contributed by atoms with Crippen molar-refractivity contribution in [2.45, 2.75) is 13.8 Å². The van der Waals surface area contributed by atoms with Crippen LogP contribution in [-0.2, 0) is 0 Å². The average molecular weight is 270 g/mol. The number of hydrogen-bond acceptors (Lipinski definition) is 2. The summed E-state index contributed by atoms with van der Waals surface area (Å²) in [6.45, 7) is 3.54. The second-order valence-electron chi connectivity index (χ2n) is 4.59. The molecule has 2 aromatic rings. The van der Waals surface area contributed by atoms with Crippen molar-refractivity contribution in [1.82, 2.24) is 0 Å². The zero-order valence-corrected chi connectivity index (χ0v) is 11.2. The van der Waals surface area contributed by atoms with Crippen LogP contribution < -0.4 is 0 Å². The Bertz CT molecular complexity index is 702. The van der Waals surface area contributed by atoms with Crippen LogP contribution in [0.3, 0.4) is 0 Å². The molecule has 0 aromatic heterocycles. The first-order valence-electron chi connectivity index (χ1n) is 6.09. The number of carboxylic acids is 2. The zero-order valence-electron chi connectivity index (χ0n) is 11.2. The second kappa shape index (κ2) is 5.17. The van der Waals surface area contributed by atoms with E-state index in [1.165, 1.54) is 6.07 Å². The molecule has 0 heterocycles. The molecule has 0 radical (unpaired) electrons. The van der Waals surface area contributed by atoms with Crippen molar-refractivity contribution in [3.63, 3.8) is 0 Å². The van der Waals surface area contributed by atoms with Crippen molar-refractivity contribution in [1.29, 1.82) is 0 Å². The maximum absolute atomic E-state index is 11.3. The van der Waals surface area contributed by atoms with Gasteiger partial charge in [0.2, 0.25) is 0 Å². The summed E-state index contributed by atoms with van der Waals surface area (Å²) in [5.41, 5.74) is 2.99. The van der Waals surface area contributed by atoms with E-state index in [0.29, 0.717) is 16.7 Å². The van der Waals surface area contributed by atoms with Crippen molar-refractivity contribution in [2.24, 2.45) is 0 Å². The summed E-state index contributed by atoms with van der Waals surface area (Å²) in [4.78, 5) is 22.5. The molecular weight excluding hydrogens is 256 g/mol. The number of aromatic carboxylic acids is 2. The van der Waals surface area contributed by atoms with Crippen molar-refractivity contribution < 1.29 is 19.8 Å². The van der Waals surface area contributed by atoms with E-state index in [2.05, 4.69) is 0 Å². The van der Waals surface area contributed by atoms with Gasteiger partial charge in [0.15, 0.2) is 0 Å². The van der Waals surface area contributed by atoms with Crippen LogP contribution in [0.25, 0.3) is 11.1 Å². The molecule has 102 valence electrons. The van der Waals surface area contributed by atoms with Crippen molar-refractivity contribution >= 4 is 11.9 Å². The lowest BCUT2D eigenvalue weighted by molar-refractivity contribution is 0.0686. The van der Waals surface area contributed by atoms with Gasteiger partial charge in [0.1, 0.15) is 0 Å². The van der Waals surface area contributed by atoms with Gasteiger partial charge in [-0.3, -0.25) is 0 Å². The summed E-state index contributed by atoms with van der Waals surface area (Å²) >= 11 is 0. The van der Waals surface area contributed by atoms with Crippen LogP contribution in [0.5, 0.6) is 0 Å². The molecule has 4 nitrogen and oxygen atoms in total. The van der Waals surface area contributed by atoms with Crippen LogP contribution in [-0.4, -0.2) is 22.2 Å². The van der Waals surface area contributed by atoms with Gasteiger partial charge in [-0.05, 0) is 48.2 Å². The molecule has 0 saturated carbocycles. The third kappa shape index (κ3) is 2.28. The standard InChI is InChI=1S/C16H14O4/c1-9-7-8-11(15(17)18)10(2)14(9)12-5-3-4-6-13(12)16(19)20/h3-8H,1-2H3,(H,17,18)(H,19,20). The van der Waals surface area contributed by atoms with Crippen LogP contribution in [0.4, 0.5) is 0 Å². The summed E-state index contributed by atoms with van der Waals surface area (Å²) in [7, 11) is 0. The van der Waals surface area contributed by atoms with E-state index in [-0.39, 0.29) is 11.1 Å². The van der Waals surface area contributed by atoms with Gasteiger partial charge in [-0.1, -0.05) is 24.3 Å². The molecule has 0 bridgehead atoms. The maximum atomic E-state index is 11.3. The fourth-order valence-corrected chi connectivity index (χ4v) is 2.38. The molecule has 0 amide bonds. The Balaban J connectivity index is 2.80. The van der Waals surface area contributed by atoms with Crippen molar-refractivity contribution in [3.8, 4) is 11.1 Å². The van der Waals surface area contributed by atoms with Crippen LogP contribution in [0.2, 0.25) is 0 Å². The number of carbonyl (C=O) groups is 2. The van der Waals surface area contributed by atoms with Crippen molar-refractivity contribution in [3.05, 3.63) is 58.7 Å². The minimum atomic E-state index is -1.03. The molecule has 2 aromatic carbocycles. The molecule has 0 saturated heterocycles. The normalized spacial score (nSPS) is 10.3. The Labute approximate surface area is 116 Å². The van der Waals surface area contributed by atoms with Gasteiger partial charge in [-0.15, -0.1) is 0 Å². The molecule has 2 rings (SSSR count). The molecular formula is C16H14O4. The molecule has 20 heavy (non-hydrogen) atoms. The zero-order chi connectivity index (χ0) is 14.9. The smallest absolute Gasteiger partial charge is 0.336 e. The highest BCUT2D eigenvalue weighted by molar-refractivity contribution is 5.99. The minimum Gasteiger partial charge on any atom is -0.478 e. The number of aryl methyl sites for hydroxylation is 1. The summed E-state index contributed by atoms with van der Waals surface area (Å²) < 4.78 is 0. The highest BCUT2D eigenvalue weighted by atomic mass is 16.4. The Kier molecular flexibility index (Phi) is 3.57. The van der Waals surface area contributed by atoms with Gasteiger partial charge in [0.05, 0.1) is 11.1 Å². The first-order valence-corrected chi connectivity index (χ1v) is 6.09. The lowest BCUT2D eigenvalue weighted by atomic mass is 9.89. The predicted molar refractivity (Wildman–Crippen MR) is 75.3 cm³/mol. The SMILES string of the molecule is Cc1ccc(C(=O)O)c(C)c1-c1ccccc1C(=O)O. The van der Waals surface area contributed by atoms with E-state index in [4.69, 9.17) is 0 Å². The first-order chi connectivity index (χ1) is 9.43. The topological polar surface area (TPSA) is 74.6 Å². The average Bonchev–Trinajstić information content (AvgIpc) is 2.38. The fraction of sp³-hybridized carbons (Fsp3) is 0.125. The molecule has 0 fully saturated rings. The molecule has 0 aliphatic carbocycles. The Hall–Kier alpha value is -2.62. The Morgan fingerprint density at radius 2 is 1.45 bits per heavy atom. The lowest BCUT2D eigenvalue weighted by Crippen LogP contribution is -2.05. The van der Waals surface area contributed by atoms with Crippen LogP contribution in [0.15, 0.2) is 36.4 Å². The number of carboxylic acid groups (broad SMARTS) is 2. The van der Waals surface area contributed by atoms with Crippen molar-refractivity contribution in [2.75, 3.05) is 0 Å². The second-order valence-corrected chi connectivity index (χ2v) is 4.59. The van der Waals surface area contributed by atoms with Crippen LogP contribution in [0, 0.1) is 13.8 Å². The quantitative estimate of drug-likeness (QED) is 0.896. The summed E-state index contributed by atoms with van der Waals surface area (Å²) in [5.74, 6) is -2.04. The molecule has 0 unspecified atom stereocenters. The number of hydrogen-bond donors (Lipinski definition) is 2. The van der Waals surface area contributed by atoms with Gasteiger partial charge in [0.25, 0.3) is 0 Å². The largest absolute Gasteiger partial charge is 0.478 e. The monoisotopic (exact) mass is 270 g/mol. The third-order valence-electron chi connectivity index (χ3n) is 3.33. The molecule has 0 spiro atoms. The lowest BCUT2D eigenvalue weighted by Gasteiger charge is -2.14. The summed E-state index contributed by atoms with van der Waals surface area (Å²) in [6, 6.07) is 9.85.